The number of amides is 1. The van der Waals surface area contributed by atoms with Gasteiger partial charge in [-0.15, -0.1) is 0 Å². The molecule has 2 atom stereocenters. The molecule has 2 N–H and O–H groups in total. The van der Waals surface area contributed by atoms with Crippen LogP contribution in [-0.2, 0) is 4.79 Å². The molecule has 0 saturated carbocycles. The van der Waals surface area contributed by atoms with E-state index in [2.05, 4.69) is 4.98 Å². The Morgan fingerprint density at radius 1 is 1.24 bits per heavy atom. The number of aromatic nitrogens is 1. The number of carbonyl (C=O) groups excluding carboxylic acids is 1. The van der Waals surface area contributed by atoms with Gasteiger partial charge < -0.3 is 15.1 Å². The monoisotopic (exact) mass is 286 g/mol. The lowest BCUT2D eigenvalue weighted by molar-refractivity contribution is -0.141. The number of carboxylic acids is 1. The van der Waals surface area contributed by atoms with Gasteiger partial charge in [0, 0.05) is 24.5 Å². The summed E-state index contributed by atoms with van der Waals surface area (Å²) in [5.74, 6) is -1.52. The summed E-state index contributed by atoms with van der Waals surface area (Å²) in [5, 5.41) is 19.7. The number of hydrogen-bond acceptors (Lipinski definition) is 4. The van der Waals surface area contributed by atoms with Gasteiger partial charge in [-0.1, -0.05) is 18.2 Å². The number of aliphatic hydroxyl groups excluding tert-OH is 1. The van der Waals surface area contributed by atoms with Crippen LogP contribution >= 0.6 is 0 Å². The number of likely N-dealkylation sites (tertiary alicyclic amines) is 1. The number of aliphatic hydroxyl groups is 1. The van der Waals surface area contributed by atoms with Crippen molar-refractivity contribution in [1.82, 2.24) is 9.88 Å². The van der Waals surface area contributed by atoms with Crippen molar-refractivity contribution in [1.29, 1.82) is 0 Å². The maximum atomic E-state index is 12.6. The van der Waals surface area contributed by atoms with E-state index in [1.807, 2.05) is 12.1 Å². The number of fused-ring (bicyclic) bond motifs is 1. The number of carboxylic acid groups (broad SMARTS) is 1. The van der Waals surface area contributed by atoms with Crippen molar-refractivity contribution >= 4 is 22.8 Å². The Kier molecular flexibility index (Phi) is 3.31. The van der Waals surface area contributed by atoms with Crippen LogP contribution in [-0.4, -0.2) is 50.7 Å². The summed E-state index contributed by atoms with van der Waals surface area (Å²) in [6.07, 6.45) is 0.837. The Bertz CT molecular complexity index is 710. The van der Waals surface area contributed by atoms with E-state index >= 15 is 0 Å². The maximum Gasteiger partial charge on any atom is 0.326 e. The third-order valence-electron chi connectivity index (χ3n) is 3.69. The first kappa shape index (κ1) is 13.5. The smallest absolute Gasteiger partial charge is 0.326 e. The molecular weight excluding hydrogens is 272 g/mol. The quantitative estimate of drug-likeness (QED) is 0.855. The second-order valence-corrected chi connectivity index (χ2v) is 5.08. The zero-order valence-electron chi connectivity index (χ0n) is 11.1. The minimum Gasteiger partial charge on any atom is -0.480 e. The summed E-state index contributed by atoms with van der Waals surface area (Å²) in [5.41, 5.74) is 0.893. The predicted molar refractivity (Wildman–Crippen MR) is 74.8 cm³/mol. The third-order valence-corrected chi connectivity index (χ3v) is 3.69. The Labute approximate surface area is 120 Å². The summed E-state index contributed by atoms with van der Waals surface area (Å²) in [6.45, 7) is 0.0268. The summed E-state index contributed by atoms with van der Waals surface area (Å²) in [4.78, 5) is 29.3. The highest BCUT2D eigenvalue weighted by molar-refractivity contribution is 6.06. The van der Waals surface area contributed by atoms with Crippen molar-refractivity contribution in [3.8, 4) is 0 Å². The zero-order chi connectivity index (χ0) is 15.0. The second-order valence-electron chi connectivity index (χ2n) is 5.08. The van der Waals surface area contributed by atoms with Gasteiger partial charge in [0.25, 0.3) is 5.91 Å². The van der Waals surface area contributed by atoms with Gasteiger partial charge in [-0.2, -0.15) is 0 Å². The molecule has 1 aromatic heterocycles. The van der Waals surface area contributed by atoms with Gasteiger partial charge in [-0.3, -0.25) is 9.78 Å². The molecule has 0 bridgehead atoms. The average Bonchev–Trinajstić information content (AvgIpc) is 2.88. The molecule has 0 aliphatic carbocycles. The molecule has 1 saturated heterocycles. The standard InChI is InChI=1S/C15H14N2O4/c18-10-7-12(15(20)21)17(8-10)14(19)11-5-1-3-9-4-2-6-16-13(9)11/h1-6,10,12,18H,7-8H2,(H,20,21)/t10?,12-/m0/s1. The van der Waals surface area contributed by atoms with Crippen LogP contribution in [0.3, 0.4) is 0 Å². The summed E-state index contributed by atoms with van der Waals surface area (Å²) in [7, 11) is 0. The Morgan fingerprint density at radius 3 is 2.76 bits per heavy atom. The fraction of sp³-hybridized carbons (Fsp3) is 0.267. The molecule has 0 radical (unpaired) electrons. The molecule has 1 amide bonds. The molecule has 3 rings (SSSR count). The van der Waals surface area contributed by atoms with Crippen molar-refractivity contribution in [2.75, 3.05) is 6.54 Å². The van der Waals surface area contributed by atoms with Crippen LogP contribution < -0.4 is 0 Å². The molecule has 1 aliphatic rings. The van der Waals surface area contributed by atoms with Crippen LogP contribution in [0.5, 0.6) is 0 Å². The fourth-order valence-corrected chi connectivity index (χ4v) is 2.70. The van der Waals surface area contributed by atoms with Crippen LogP contribution in [0.1, 0.15) is 16.8 Å². The molecule has 0 spiro atoms. The minimum atomic E-state index is -1.10. The molecule has 1 unspecified atom stereocenters. The Hall–Kier alpha value is -2.47. The summed E-state index contributed by atoms with van der Waals surface area (Å²) >= 11 is 0. The van der Waals surface area contributed by atoms with E-state index in [9.17, 15) is 19.8 Å². The number of nitrogens with zero attached hydrogens (tertiary/aromatic N) is 2. The second kappa shape index (κ2) is 5.14. The van der Waals surface area contributed by atoms with Gasteiger partial charge in [0.2, 0.25) is 0 Å². The molecule has 1 aliphatic heterocycles. The van der Waals surface area contributed by atoms with Crippen LogP contribution in [0.2, 0.25) is 0 Å². The molecule has 6 heteroatoms. The normalized spacial score (nSPS) is 21.7. The lowest BCUT2D eigenvalue weighted by Gasteiger charge is -2.21. The van der Waals surface area contributed by atoms with Crippen molar-refractivity contribution in [3.05, 3.63) is 42.1 Å². The van der Waals surface area contributed by atoms with Gasteiger partial charge in [-0.25, -0.2) is 4.79 Å². The molecule has 2 aromatic rings. The van der Waals surface area contributed by atoms with Crippen LogP contribution in [0.25, 0.3) is 10.9 Å². The van der Waals surface area contributed by atoms with Gasteiger partial charge in [0.1, 0.15) is 6.04 Å². The lowest BCUT2D eigenvalue weighted by atomic mass is 10.1. The van der Waals surface area contributed by atoms with Crippen LogP contribution in [0.15, 0.2) is 36.5 Å². The number of hydrogen-bond donors (Lipinski definition) is 2. The number of rotatable bonds is 2. The SMILES string of the molecule is O=C(O)[C@@H]1CC(O)CN1C(=O)c1cccc2cccnc12. The van der Waals surface area contributed by atoms with Gasteiger partial charge >= 0.3 is 5.97 Å². The number of pyridine rings is 1. The number of carbonyl (C=O) groups is 2. The number of β-amino-alcohol motifs (C(OH)–C–C–N with tert-alkyl or cyclic N) is 1. The van der Waals surface area contributed by atoms with Gasteiger partial charge in [0.15, 0.2) is 0 Å². The number of aliphatic carboxylic acids is 1. The molecule has 1 aromatic carbocycles. The Morgan fingerprint density at radius 2 is 2.00 bits per heavy atom. The summed E-state index contributed by atoms with van der Waals surface area (Å²) in [6, 6.07) is 7.82. The Balaban J connectivity index is 2.02. The molecule has 108 valence electrons. The predicted octanol–water partition coefficient (Wildman–Crippen LogP) is 0.895. The third kappa shape index (κ3) is 2.34. The lowest BCUT2D eigenvalue weighted by Crippen LogP contribution is -2.40. The highest BCUT2D eigenvalue weighted by Crippen LogP contribution is 2.24. The van der Waals surface area contributed by atoms with Crippen molar-refractivity contribution in [3.63, 3.8) is 0 Å². The van der Waals surface area contributed by atoms with E-state index in [-0.39, 0.29) is 13.0 Å². The fourth-order valence-electron chi connectivity index (χ4n) is 2.70. The minimum absolute atomic E-state index is 0.0268. The van der Waals surface area contributed by atoms with Crippen molar-refractivity contribution in [2.45, 2.75) is 18.6 Å². The van der Waals surface area contributed by atoms with Crippen molar-refractivity contribution in [2.24, 2.45) is 0 Å². The van der Waals surface area contributed by atoms with Crippen LogP contribution in [0, 0.1) is 0 Å². The molecule has 6 nitrogen and oxygen atoms in total. The topological polar surface area (TPSA) is 90.7 Å². The zero-order valence-corrected chi connectivity index (χ0v) is 11.1. The maximum absolute atomic E-state index is 12.6. The van der Waals surface area contributed by atoms with Crippen LogP contribution in [0.4, 0.5) is 0 Å². The van der Waals surface area contributed by atoms with E-state index in [1.54, 1.807) is 24.4 Å². The van der Waals surface area contributed by atoms with E-state index in [0.717, 1.165) is 5.39 Å². The van der Waals surface area contributed by atoms with E-state index < -0.39 is 24.0 Å². The summed E-state index contributed by atoms with van der Waals surface area (Å²) < 4.78 is 0. The molecule has 1 fully saturated rings. The molecular formula is C15H14N2O4. The highest BCUT2D eigenvalue weighted by Gasteiger charge is 2.39. The van der Waals surface area contributed by atoms with E-state index in [4.69, 9.17) is 0 Å². The first-order valence-corrected chi connectivity index (χ1v) is 6.63. The molecule has 2 heterocycles. The van der Waals surface area contributed by atoms with Gasteiger partial charge in [-0.05, 0) is 12.1 Å². The van der Waals surface area contributed by atoms with Crippen molar-refractivity contribution < 1.29 is 19.8 Å². The number of para-hydroxylation sites is 1. The van der Waals surface area contributed by atoms with E-state index in [1.165, 1.54) is 4.90 Å². The first-order chi connectivity index (χ1) is 10.1. The largest absolute Gasteiger partial charge is 0.480 e. The van der Waals surface area contributed by atoms with E-state index in [0.29, 0.717) is 11.1 Å². The highest BCUT2D eigenvalue weighted by atomic mass is 16.4. The molecule has 21 heavy (non-hydrogen) atoms. The van der Waals surface area contributed by atoms with Gasteiger partial charge in [0.05, 0.1) is 17.2 Å². The number of benzene rings is 1. The average molecular weight is 286 g/mol. The first-order valence-electron chi connectivity index (χ1n) is 6.63.